The monoisotopic (exact) mass is 243 g/mol. The van der Waals surface area contributed by atoms with E-state index in [2.05, 4.69) is 37.4 Å². The molecular formula is C16H18FN. The van der Waals surface area contributed by atoms with Gasteiger partial charge in [-0.15, -0.1) is 0 Å². The minimum absolute atomic E-state index is 0.160. The Kier molecular flexibility index (Phi) is 3.66. The largest absolute Gasteiger partial charge is 0.381 e. The highest BCUT2D eigenvalue weighted by Crippen LogP contribution is 2.18. The van der Waals surface area contributed by atoms with Gasteiger partial charge in [-0.1, -0.05) is 18.2 Å². The quantitative estimate of drug-likeness (QED) is 0.844. The van der Waals surface area contributed by atoms with E-state index in [4.69, 9.17) is 0 Å². The second-order valence-corrected chi connectivity index (χ2v) is 4.69. The summed E-state index contributed by atoms with van der Waals surface area (Å²) >= 11 is 0. The molecule has 94 valence electrons. The van der Waals surface area contributed by atoms with E-state index in [-0.39, 0.29) is 5.82 Å². The van der Waals surface area contributed by atoms with Crippen molar-refractivity contribution in [2.45, 2.75) is 27.3 Å². The van der Waals surface area contributed by atoms with Crippen LogP contribution >= 0.6 is 0 Å². The smallest absolute Gasteiger partial charge is 0.126 e. The van der Waals surface area contributed by atoms with Crippen molar-refractivity contribution in [3.8, 4) is 0 Å². The average molecular weight is 243 g/mol. The van der Waals surface area contributed by atoms with Crippen molar-refractivity contribution in [3.63, 3.8) is 0 Å². The Hall–Kier alpha value is -1.83. The lowest BCUT2D eigenvalue weighted by Gasteiger charge is -2.12. The lowest BCUT2D eigenvalue weighted by Crippen LogP contribution is -2.03. The first-order valence-corrected chi connectivity index (χ1v) is 6.13. The van der Waals surface area contributed by atoms with E-state index in [1.807, 2.05) is 6.07 Å². The van der Waals surface area contributed by atoms with Gasteiger partial charge in [-0.05, 0) is 61.2 Å². The van der Waals surface area contributed by atoms with Gasteiger partial charge in [0.2, 0.25) is 0 Å². The highest BCUT2D eigenvalue weighted by Gasteiger charge is 2.03. The van der Waals surface area contributed by atoms with Crippen LogP contribution in [0.2, 0.25) is 0 Å². The van der Waals surface area contributed by atoms with Crippen molar-refractivity contribution in [1.29, 1.82) is 0 Å². The number of halogens is 1. The van der Waals surface area contributed by atoms with Crippen LogP contribution < -0.4 is 5.32 Å². The van der Waals surface area contributed by atoms with Gasteiger partial charge in [0, 0.05) is 12.2 Å². The van der Waals surface area contributed by atoms with E-state index in [0.29, 0.717) is 5.56 Å². The maximum absolute atomic E-state index is 13.2. The average Bonchev–Trinajstić information content (AvgIpc) is 2.33. The molecule has 2 aromatic carbocycles. The van der Waals surface area contributed by atoms with E-state index in [9.17, 15) is 4.39 Å². The molecule has 0 saturated carbocycles. The molecule has 0 spiro atoms. The standard InChI is InChI=1S/C16H18FN/c1-11-5-4-6-12(2)15(11)10-18-14-7-8-16(17)13(3)9-14/h4-9,18H,10H2,1-3H3. The van der Waals surface area contributed by atoms with Crippen LogP contribution in [0.3, 0.4) is 0 Å². The van der Waals surface area contributed by atoms with Crippen LogP contribution in [-0.4, -0.2) is 0 Å². The number of nitrogens with one attached hydrogen (secondary N) is 1. The molecule has 0 bridgehead atoms. The van der Waals surface area contributed by atoms with E-state index in [1.54, 1.807) is 13.0 Å². The Balaban J connectivity index is 2.14. The number of anilines is 1. The molecule has 0 fully saturated rings. The van der Waals surface area contributed by atoms with E-state index in [0.717, 1.165) is 12.2 Å². The molecule has 0 radical (unpaired) electrons. The molecular weight excluding hydrogens is 225 g/mol. The minimum Gasteiger partial charge on any atom is -0.381 e. The van der Waals surface area contributed by atoms with Crippen LogP contribution in [-0.2, 0) is 6.54 Å². The fourth-order valence-electron chi connectivity index (χ4n) is 2.07. The number of hydrogen-bond donors (Lipinski definition) is 1. The fraction of sp³-hybridized carbons (Fsp3) is 0.250. The molecule has 0 aliphatic heterocycles. The van der Waals surface area contributed by atoms with E-state index in [1.165, 1.54) is 22.8 Å². The van der Waals surface area contributed by atoms with Gasteiger partial charge in [0.05, 0.1) is 0 Å². The number of benzene rings is 2. The van der Waals surface area contributed by atoms with Gasteiger partial charge in [0.15, 0.2) is 0 Å². The van der Waals surface area contributed by atoms with Crippen LogP contribution in [0, 0.1) is 26.6 Å². The molecule has 0 unspecified atom stereocenters. The summed E-state index contributed by atoms with van der Waals surface area (Å²) < 4.78 is 13.2. The third kappa shape index (κ3) is 2.70. The highest BCUT2D eigenvalue weighted by atomic mass is 19.1. The molecule has 0 atom stereocenters. The van der Waals surface area contributed by atoms with Gasteiger partial charge in [0.1, 0.15) is 5.82 Å². The summed E-state index contributed by atoms with van der Waals surface area (Å²) in [6.45, 7) is 6.77. The zero-order valence-corrected chi connectivity index (χ0v) is 11.0. The first kappa shape index (κ1) is 12.6. The minimum atomic E-state index is -0.160. The Morgan fingerprint density at radius 3 is 2.22 bits per heavy atom. The maximum atomic E-state index is 13.2. The molecule has 0 amide bonds. The molecule has 0 aliphatic rings. The molecule has 0 aliphatic carbocycles. The summed E-state index contributed by atoms with van der Waals surface area (Å²) in [4.78, 5) is 0. The summed E-state index contributed by atoms with van der Waals surface area (Å²) in [5.74, 6) is -0.160. The Labute approximate surface area is 108 Å². The Morgan fingerprint density at radius 1 is 0.944 bits per heavy atom. The van der Waals surface area contributed by atoms with Gasteiger partial charge in [-0.25, -0.2) is 4.39 Å². The second kappa shape index (κ2) is 5.21. The molecule has 0 saturated heterocycles. The van der Waals surface area contributed by atoms with Crippen LogP contribution in [0.5, 0.6) is 0 Å². The van der Waals surface area contributed by atoms with Gasteiger partial charge in [-0.3, -0.25) is 0 Å². The van der Waals surface area contributed by atoms with Crippen molar-refractivity contribution in [2.75, 3.05) is 5.32 Å². The topological polar surface area (TPSA) is 12.0 Å². The van der Waals surface area contributed by atoms with Gasteiger partial charge < -0.3 is 5.32 Å². The third-order valence-corrected chi connectivity index (χ3v) is 3.27. The lowest BCUT2D eigenvalue weighted by molar-refractivity contribution is 0.618. The summed E-state index contributed by atoms with van der Waals surface area (Å²) in [5, 5.41) is 3.34. The zero-order chi connectivity index (χ0) is 13.1. The van der Waals surface area contributed by atoms with Crippen LogP contribution in [0.4, 0.5) is 10.1 Å². The van der Waals surface area contributed by atoms with Gasteiger partial charge >= 0.3 is 0 Å². The first-order chi connectivity index (χ1) is 8.58. The lowest BCUT2D eigenvalue weighted by atomic mass is 10.0. The molecule has 0 aromatic heterocycles. The summed E-state index contributed by atoms with van der Waals surface area (Å²) in [6.07, 6.45) is 0. The summed E-state index contributed by atoms with van der Waals surface area (Å²) in [6, 6.07) is 11.4. The molecule has 1 nitrogen and oxygen atoms in total. The predicted octanol–water partition coefficient (Wildman–Crippen LogP) is 4.36. The Bertz CT molecular complexity index is 541. The van der Waals surface area contributed by atoms with Crippen molar-refractivity contribution in [3.05, 3.63) is 64.5 Å². The second-order valence-electron chi connectivity index (χ2n) is 4.69. The van der Waals surface area contributed by atoms with Crippen LogP contribution in [0.15, 0.2) is 36.4 Å². The Morgan fingerprint density at radius 2 is 1.61 bits per heavy atom. The number of hydrogen-bond acceptors (Lipinski definition) is 1. The number of rotatable bonds is 3. The molecule has 18 heavy (non-hydrogen) atoms. The van der Waals surface area contributed by atoms with Crippen molar-refractivity contribution < 1.29 is 4.39 Å². The predicted molar refractivity (Wildman–Crippen MR) is 74.4 cm³/mol. The maximum Gasteiger partial charge on any atom is 0.126 e. The highest BCUT2D eigenvalue weighted by molar-refractivity contribution is 5.47. The third-order valence-electron chi connectivity index (χ3n) is 3.27. The van der Waals surface area contributed by atoms with Crippen LogP contribution in [0.1, 0.15) is 22.3 Å². The molecule has 0 heterocycles. The van der Waals surface area contributed by atoms with Gasteiger partial charge in [-0.2, -0.15) is 0 Å². The first-order valence-electron chi connectivity index (χ1n) is 6.13. The number of aryl methyl sites for hydroxylation is 3. The van der Waals surface area contributed by atoms with Crippen LogP contribution in [0.25, 0.3) is 0 Å². The fourth-order valence-corrected chi connectivity index (χ4v) is 2.07. The van der Waals surface area contributed by atoms with Crippen molar-refractivity contribution in [2.24, 2.45) is 0 Å². The van der Waals surface area contributed by atoms with Crippen molar-refractivity contribution in [1.82, 2.24) is 0 Å². The molecule has 2 aromatic rings. The SMILES string of the molecule is Cc1cc(NCc2c(C)cccc2C)ccc1F. The van der Waals surface area contributed by atoms with Crippen molar-refractivity contribution >= 4 is 5.69 Å². The molecule has 2 heteroatoms. The zero-order valence-electron chi connectivity index (χ0n) is 11.0. The summed E-state index contributed by atoms with van der Waals surface area (Å²) in [5.41, 5.74) is 5.49. The normalized spacial score (nSPS) is 10.4. The van der Waals surface area contributed by atoms with E-state index >= 15 is 0 Å². The van der Waals surface area contributed by atoms with Gasteiger partial charge in [0.25, 0.3) is 0 Å². The summed E-state index contributed by atoms with van der Waals surface area (Å²) in [7, 11) is 0. The molecule has 1 N–H and O–H groups in total. The molecule has 2 rings (SSSR count). The van der Waals surface area contributed by atoms with E-state index < -0.39 is 0 Å².